The average Bonchev–Trinajstić information content (AvgIpc) is 2.85. The maximum atomic E-state index is 11.8. The molecule has 14 nitrogen and oxygen atoms in total. The molecular weight excluding hydrogens is 524 g/mol. The van der Waals surface area contributed by atoms with E-state index in [1.807, 2.05) is 0 Å². The number of hydrogen-bond donors (Lipinski definition) is 0. The van der Waals surface area contributed by atoms with E-state index in [9.17, 15) is 19.2 Å². The van der Waals surface area contributed by atoms with Crippen molar-refractivity contribution in [3.05, 3.63) is 0 Å². The van der Waals surface area contributed by atoms with Crippen molar-refractivity contribution >= 4 is 23.9 Å². The molecule has 0 bridgehead atoms. The van der Waals surface area contributed by atoms with Gasteiger partial charge < -0.3 is 47.4 Å². The highest BCUT2D eigenvalue weighted by molar-refractivity contribution is 5.68. The van der Waals surface area contributed by atoms with Gasteiger partial charge in [0, 0.05) is 27.7 Å². The SMILES string of the molecule is C#CCOCCOCCOCCOCCOC1OC(COC(C)=O)C(OC(C)=O)C(OC(C)=O)C1OC(C)=O. The van der Waals surface area contributed by atoms with Crippen molar-refractivity contribution in [1.29, 1.82) is 0 Å². The number of esters is 4. The van der Waals surface area contributed by atoms with Crippen LogP contribution < -0.4 is 0 Å². The molecule has 0 saturated carbocycles. The van der Waals surface area contributed by atoms with Gasteiger partial charge in [-0.15, -0.1) is 6.42 Å². The smallest absolute Gasteiger partial charge is 0.303 e. The van der Waals surface area contributed by atoms with Gasteiger partial charge in [-0.2, -0.15) is 0 Å². The van der Waals surface area contributed by atoms with Gasteiger partial charge in [-0.25, -0.2) is 0 Å². The van der Waals surface area contributed by atoms with Gasteiger partial charge in [0.25, 0.3) is 0 Å². The standard InChI is InChI=1S/C25H38O14/c1-6-7-30-8-9-31-10-11-32-12-13-33-14-15-34-25-24(38-20(5)29)23(37-19(4)28)22(36-18(3)27)21(39-25)16-35-17(2)26/h1,21-25H,7-16H2,2-5H3. The first-order valence-corrected chi connectivity index (χ1v) is 12.3. The predicted molar refractivity (Wildman–Crippen MR) is 130 cm³/mol. The third-order valence-corrected chi connectivity index (χ3v) is 4.76. The van der Waals surface area contributed by atoms with Crippen molar-refractivity contribution in [2.24, 2.45) is 0 Å². The van der Waals surface area contributed by atoms with Crippen LogP contribution in [0.5, 0.6) is 0 Å². The molecule has 0 N–H and O–H groups in total. The summed E-state index contributed by atoms with van der Waals surface area (Å²) >= 11 is 0. The lowest BCUT2D eigenvalue weighted by atomic mass is 9.98. The van der Waals surface area contributed by atoms with Crippen LogP contribution in [-0.2, 0) is 66.5 Å². The highest BCUT2D eigenvalue weighted by Gasteiger charge is 2.52. The van der Waals surface area contributed by atoms with Crippen molar-refractivity contribution in [1.82, 2.24) is 0 Å². The van der Waals surface area contributed by atoms with E-state index in [0.717, 1.165) is 20.8 Å². The summed E-state index contributed by atoms with van der Waals surface area (Å²) in [6, 6.07) is 0. The van der Waals surface area contributed by atoms with Gasteiger partial charge in [-0.1, -0.05) is 5.92 Å². The second-order valence-corrected chi connectivity index (χ2v) is 8.03. The van der Waals surface area contributed by atoms with Crippen molar-refractivity contribution in [2.75, 3.05) is 66.1 Å². The zero-order valence-corrected chi connectivity index (χ0v) is 22.8. The Morgan fingerprint density at radius 2 is 1.10 bits per heavy atom. The monoisotopic (exact) mass is 562 g/mol. The number of carbonyl (C=O) groups excluding carboxylic acids is 4. The van der Waals surface area contributed by atoms with Gasteiger partial charge >= 0.3 is 23.9 Å². The molecular formula is C25H38O14. The second kappa shape index (κ2) is 20.2. The van der Waals surface area contributed by atoms with Crippen LogP contribution in [-0.4, -0.2) is 121 Å². The van der Waals surface area contributed by atoms with Crippen LogP contribution in [0, 0.1) is 12.3 Å². The number of ether oxygens (including phenoxy) is 10. The molecule has 5 unspecified atom stereocenters. The van der Waals surface area contributed by atoms with Crippen LogP contribution in [0.2, 0.25) is 0 Å². The lowest BCUT2D eigenvalue weighted by Gasteiger charge is -2.44. The lowest BCUT2D eigenvalue weighted by Crippen LogP contribution is -2.63. The van der Waals surface area contributed by atoms with Crippen LogP contribution in [0.1, 0.15) is 27.7 Å². The van der Waals surface area contributed by atoms with Gasteiger partial charge in [-0.05, 0) is 0 Å². The summed E-state index contributed by atoms with van der Waals surface area (Å²) in [6.45, 7) is 6.82. The largest absolute Gasteiger partial charge is 0.463 e. The molecule has 1 saturated heterocycles. The molecule has 0 radical (unpaired) electrons. The van der Waals surface area contributed by atoms with Gasteiger partial charge in [-0.3, -0.25) is 19.2 Å². The van der Waals surface area contributed by atoms with Crippen LogP contribution >= 0.6 is 0 Å². The molecule has 1 fully saturated rings. The van der Waals surface area contributed by atoms with E-state index in [-0.39, 0.29) is 33.0 Å². The molecule has 1 aliphatic rings. The summed E-state index contributed by atoms with van der Waals surface area (Å²) in [7, 11) is 0. The minimum absolute atomic E-state index is 0.00545. The van der Waals surface area contributed by atoms with Crippen molar-refractivity contribution in [3.63, 3.8) is 0 Å². The predicted octanol–water partition coefficient (Wildman–Crippen LogP) is -0.214. The fourth-order valence-corrected chi connectivity index (χ4v) is 3.34. The Morgan fingerprint density at radius 1 is 0.641 bits per heavy atom. The van der Waals surface area contributed by atoms with Crippen LogP contribution in [0.15, 0.2) is 0 Å². The minimum atomic E-state index is -1.30. The summed E-state index contributed by atoms with van der Waals surface area (Å²) < 4.78 is 53.8. The third-order valence-electron chi connectivity index (χ3n) is 4.76. The van der Waals surface area contributed by atoms with E-state index in [1.165, 1.54) is 6.92 Å². The van der Waals surface area contributed by atoms with E-state index < -0.39 is 54.6 Å². The highest BCUT2D eigenvalue weighted by atomic mass is 16.7. The van der Waals surface area contributed by atoms with E-state index in [2.05, 4.69) is 5.92 Å². The van der Waals surface area contributed by atoms with Crippen molar-refractivity contribution in [3.8, 4) is 12.3 Å². The molecule has 222 valence electrons. The zero-order chi connectivity index (χ0) is 29.0. The Kier molecular flexibility index (Phi) is 17.7. The van der Waals surface area contributed by atoms with Crippen LogP contribution in [0.4, 0.5) is 0 Å². The van der Waals surface area contributed by atoms with Gasteiger partial charge in [0.05, 0.1) is 52.9 Å². The summed E-state index contributed by atoms with van der Waals surface area (Å²) in [5, 5.41) is 0. The second-order valence-electron chi connectivity index (χ2n) is 8.03. The van der Waals surface area contributed by atoms with Crippen LogP contribution in [0.3, 0.4) is 0 Å². The van der Waals surface area contributed by atoms with E-state index >= 15 is 0 Å². The maximum Gasteiger partial charge on any atom is 0.303 e. The molecule has 0 amide bonds. The molecule has 0 spiro atoms. The van der Waals surface area contributed by atoms with Gasteiger partial charge in [0.15, 0.2) is 24.6 Å². The first kappa shape index (κ1) is 34.2. The van der Waals surface area contributed by atoms with E-state index in [4.69, 9.17) is 53.8 Å². The van der Waals surface area contributed by atoms with E-state index in [0.29, 0.717) is 33.0 Å². The highest BCUT2D eigenvalue weighted by Crippen LogP contribution is 2.29. The van der Waals surface area contributed by atoms with Crippen LogP contribution in [0.25, 0.3) is 0 Å². The minimum Gasteiger partial charge on any atom is -0.463 e. The molecule has 5 atom stereocenters. The van der Waals surface area contributed by atoms with Crippen molar-refractivity contribution < 1.29 is 66.5 Å². The number of rotatable bonds is 19. The van der Waals surface area contributed by atoms with Gasteiger partial charge in [0.2, 0.25) is 0 Å². The molecule has 0 aromatic heterocycles. The van der Waals surface area contributed by atoms with Crippen molar-refractivity contribution in [2.45, 2.75) is 58.4 Å². The topological polar surface area (TPSA) is 161 Å². The normalized spacial score (nSPS) is 22.4. The number of terminal acetylenes is 1. The Labute approximate surface area is 227 Å². The Hall–Kier alpha value is -2.80. The zero-order valence-electron chi connectivity index (χ0n) is 22.8. The quantitative estimate of drug-likeness (QED) is 0.0880. The van der Waals surface area contributed by atoms with Gasteiger partial charge in [0.1, 0.15) is 19.3 Å². The molecule has 14 heteroatoms. The molecule has 1 rings (SSSR count). The number of hydrogen-bond acceptors (Lipinski definition) is 14. The Balaban J connectivity index is 2.61. The molecule has 39 heavy (non-hydrogen) atoms. The summed E-state index contributed by atoms with van der Waals surface area (Å²) in [5.74, 6) is -0.413. The maximum absolute atomic E-state index is 11.8. The lowest BCUT2D eigenvalue weighted by molar-refractivity contribution is -0.309. The summed E-state index contributed by atoms with van der Waals surface area (Å²) in [5.41, 5.74) is 0. The molecule has 0 aliphatic carbocycles. The first-order valence-electron chi connectivity index (χ1n) is 12.3. The summed E-state index contributed by atoms with van der Waals surface area (Å²) in [6.07, 6.45) is -1.10. The average molecular weight is 563 g/mol. The first-order chi connectivity index (χ1) is 18.6. The fraction of sp³-hybridized carbons (Fsp3) is 0.760. The number of carbonyl (C=O) groups is 4. The molecule has 0 aromatic carbocycles. The fourth-order valence-electron chi connectivity index (χ4n) is 3.34. The molecule has 0 aromatic rings. The Bertz CT molecular complexity index is 794. The van der Waals surface area contributed by atoms with E-state index in [1.54, 1.807) is 0 Å². The molecule has 1 heterocycles. The summed E-state index contributed by atoms with van der Waals surface area (Å²) in [4.78, 5) is 46.7. The molecule has 1 aliphatic heterocycles. The Morgan fingerprint density at radius 3 is 1.59 bits per heavy atom. The third kappa shape index (κ3) is 15.4.